The Balaban J connectivity index is 1.54. The fourth-order valence-corrected chi connectivity index (χ4v) is 4.41. The van der Waals surface area contributed by atoms with E-state index in [4.69, 9.17) is 23.2 Å². The number of benzene rings is 3. The van der Waals surface area contributed by atoms with Crippen LogP contribution in [0.25, 0.3) is 5.69 Å². The summed E-state index contributed by atoms with van der Waals surface area (Å²) in [5.41, 5.74) is 2.07. The Bertz CT molecular complexity index is 1350. The van der Waals surface area contributed by atoms with Gasteiger partial charge in [-0.3, -0.25) is 14.7 Å². The van der Waals surface area contributed by atoms with Crippen molar-refractivity contribution in [1.82, 2.24) is 20.1 Å². The molecule has 0 fully saturated rings. The number of nitrogens with zero attached hydrogens (tertiary/aromatic N) is 4. The fourth-order valence-electron chi connectivity index (χ4n) is 3.14. The molecule has 35 heavy (non-hydrogen) atoms. The molecule has 0 aliphatic carbocycles. The molecule has 1 aromatic heterocycles. The molecule has 0 unspecified atom stereocenters. The number of halogens is 2. The van der Waals surface area contributed by atoms with Crippen molar-refractivity contribution >= 4 is 52.4 Å². The number of rotatable bonds is 8. The molecule has 0 aliphatic heterocycles. The molecule has 0 atom stereocenters. The predicted molar refractivity (Wildman–Crippen MR) is 136 cm³/mol. The molecule has 0 saturated heterocycles. The summed E-state index contributed by atoms with van der Waals surface area (Å²) in [6.45, 7) is 0.0416. The fraction of sp³-hybridized carbons (Fsp3) is 0.0870. The summed E-state index contributed by atoms with van der Waals surface area (Å²) in [6, 6.07) is 20.3. The molecule has 0 saturated carbocycles. The van der Waals surface area contributed by atoms with Gasteiger partial charge in [0.1, 0.15) is 0 Å². The van der Waals surface area contributed by atoms with Gasteiger partial charge in [0.2, 0.25) is 0 Å². The van der Waals surface area contributed by atoms with Gasteiger partial charge in [0.15, 0.2) is 11.0 Å². The average Bonchev–Trinajstić information content (AvgIpc) is 3.27. The number of nitro benzene ring substituents is 1. The Labute approximate surface area is 214 Å². The molecule has 2 N–H and O–H groups in total. The van der Waals surface area contributed by atoms with E-state index in [1.54, 1.807) is 34.9 Å². The summed E-state index contributed by atoms with van der Waals surface area (Å²) >= 11 is 13.6. The van der Waals surface area contributed by atoms with Gasteiger partial charge in [0.05, 0.1) is 27.2 Å². The standard InChI is InChI=1S/C23H18Cl2N6O3S/c24-18-7-4-8-19(21(18)25)27-22(32)26-13-20-28-29-23(35-14-15-5-2-1-3-6-15)30(20)16-9-11-17(12-10-16)31(33)34/h1-12H,13-14H2,(H2,26,27,32). The van der Waals surface area contributed by atoms with Crippen molar-refractivity contribution in [3.63, 3.8) is 0 Å². The summed E-state index contributed by atoms with van der Waals surface area (Å²) in [4.78, 5) is 23.1. The van der Waals surface area contributed by atoms with E-state index in [1.165, 1.54) is 23.9 Å². The molecular weight excluding hydrogens is 511 g/mol. The van der Waals surface area contributed by atoms with Crippen LogP contribution in [0.2, 0.25) is 10.0 Å². The average molecular weight is 529 g/mol. The summed E-state index contributed by atoms with van der Waals surface area (Å²) in [6.07, 6.45) is 0. The maximum absolute atomic E-state index is 12.5. The van der Waals surface area contributed by atoms with Gasteiger partial charge in [-0.05, 0) is 29.8 Å². The topological polar surface area (TPSA) is 115 Å². The number of amides is 2. The van der Waals surface area contributed by atoms with Gasteiger partial charge in [0.25, 0.3) is 5.69 Å². The number of anilines is 1. The van der Waals surface area contributed by atoms with Crippen molar-refractivity contribution in [2.24, 2.45) is 0 Å². The van der Waals surface area contributed by atoms with Crippen LogP contribution in [0.4, 0.5) is 16.2 Å². The first kappa shape index (κ1) is 24.5. The molecule has 4 aromatic rings. The van der Waals surface area contributed by atoms with Crippen LogP contribution in [0.1, 0.15) is 11.4 Å². The van der Waals surface area contributed by atoms with Gasteiger partial charge in [-0.1, -0.05) is 71.4 Å². The number of aromatic nitrogens is 3. The van der Waals surface area contributed by atoms with Crippen molar-refractivity contribution in [3.8, 4) is 5.69 Å². The smallest absolute Gasteiger partial charge is 0.319 e. The third-order valence-electron chi connectivity index (χ3n) is 4.84. The molecule has 9 nitrogen and oxygen atoms in total. The summed E-state index contributed by atoms with van der Waals surface area (Å²) in [7, 11) is 0. The monoisotopic (exact) mass is 528 g/mol. The normalized spacial score (nSPS) is 10.7. The molecule has 0 radical (unpaired) electrons. The third-order valence-corrected chi connectivity index (χ3v) is 6.66. The number of nitro groups is 1. The SMILES string of the molecule is O=C(NCc1nnc(SCc2ccccc2)n1-c1ccc([N+](=O)[O-])cc1)Nc1cccc(Cl)c1Cl. The van der Waals surface area contributed by atoms with Gasteiger partial charge in [-0.15, -0.1) is 10.2 Å². The molecule has 0 spiro atoms. The van der Waals surface area contributed by atoms with Crippen LogP contribution >= 0.6 is 35.0 Å². The van der Waals surface area contributed by atoms with E-state index in [0.29, 0.717) is 33.1 Å². The second-order valence-corrected chi connectivity index (χ2v) is 8.92. The minimum Gasteiger partial charge on any atom is -0.331 e. The number of hydrogen-bond acceptors (Lipinski definition) is 6. The molecule has 4 rings (SSSR count). The minimum absolute atomic E-state index is 0.0298. The van der Waals surface area contributed by atoms with Crippen LogP contribution in [0.5, 0.6) is 0 Å². The maximum atomic E-state index is 12.5. The molecule has 12 heteroatoms. The Morgan fingerprint density at radius 2 is 1.74 bits per heavy atom. The lowest BCUT2D eigenvalue weighted by Crippen LogP contribution is -2.29. The number of hydrogen-bond donors (Lipinski definition) is 2. The van der Waals surface area contributed by atoms with Crippen LogP contribution in [0.15, 0.2) is 78.0 Å². The number of carbonyl (C=O) groups is 1. The van der Waals surface area contributed by atoms with Gasteiger partial charge in [-0.25, -0.2) is 4.79 Å². The van der Waals surface area contributed by atoms with E-state index in [2.05, 4.69) is 20.8 Å². The number of non-ortho nitro benzene ring substituents is 1. The highest BCUT2D eigenvalue weighted by atomic mass is 35.5. The van der Waals surface area contributed by atoms with Crippen LogP contribution in [-0.2, 0) is 12.3 Å². The zero-order chi connectivity index (χ0) is 24.8. The lowest BCUT2D eigenvalue weighted by molar-refractivity contribution is -0.384. The van der Waals surface area contributed by atoms with Gasteiger partial charge >= 0.3 is 6.03 Å². The van der Waals surface area contributed by atoms with E-state index in [1.807, 2.05) is 30.3 Å². The molecule has 178 valence electrons. The van der Waals surface area contributed by atoms with Gasteiger partial charge in [0, 0.05) is 23.6 Å². The predicted octanol–water partition coefficient (Wildman–Crippen LogP) is 6.10. The first-order valence-electron chi connectivity index (χ1n) is 10.3. The lowest BCUT2D eigenvalue weighted by atomic mass is 10.2. The highest BCUT2D eigenvalue weighted by Gasteiger charge is 2.17. The van der Waals surface area contributed by atoms with Crippen LogP contribution in [-0.4, -0.2) is 25.7 Å². The number of thioether (sulfide) groups is 1. The molecular formula is C23H18Cl2N6O3S. The van der Waals surface area contributed by atoms with Crippen molar-refractivity contribution in [3.05, 3.63) is 104 Å². The van der Waals surface area contributed by atoms with E-state index in [-0.39, 0.29) is 17.3 Å². The molecule has 3 aromatic carbocycles. The maximum Gasteiger partial charge on any atom is 0.319 e. The zero-order valence-corrected chi connectivity index (χ0v) is 20.3. The van der Waals surface area contributed by atoms with E-state index < -0.39 is 11.0 Å². The first-order valence-corrected chi connectivity index (χ1v) is 12.0. The van der Waals surface area contributed by atoms with Crippen LogP contribution in [0, 0.1) is 10.1 Å². The van der Waals surface area contributed by atoms with Crippen molar-refractivity contribution in [2.45, 2.75) is 17.5 Å². The molecule has 0 aliphatic rings. The van der Waals surface area contributed by atoms with Crippen LogP contribution in [0.3, 0.4) is 0 Å². The summed E-state index contributed by atoms with van der Waals surface area (Å²) < 4.78 is 1.75. The molecule has 0 bridgehead atoms. The van der Waals surface area contributed by atoms with Gasteiger partial charge in [-0.2, -0.15) is 0 Å². The van der Waals surface area contributed by atoms with E-state index in [0.717, 1.165) is 5.56 Å². The third kappa shape index (κ3) is 6.10. The second kappa shape index (κ2) is 11.2. The van der Waals surface area contributed by atoms with Crippen LogP contribution < -0.4 is 10.6 Å². The zero-order valence-electron chi connectivity index (χ0n) is 18.0. The Morgan fingerprint density at radius 3 is 2.46 bits per heavy atom. The van der Waals surface area contributed by atoms with E-state index in [9.17, 15) is 14.9 Å². The molecule has 1 heterocycles. The lowest BCUT2D eigenvalue weighted by Gasteiger charge is -2.12. The Kier molecular flexibility index (Phi) is 7.86. The van der Waals surface area contributed by atoms with E-state index >= 15 is 0 Å². The quantitative estimate of drug-likeness (QED) is 0.162. The van der Waals surface area contributed by atoms with Crippen molar-refractivity contribution in [2.75, 3.05) is 5.32 Å². The second-order valence-electron chi connectivity index (χ2n) is 7.19. The largest absolute Gasteiger partial charge is 0.331 e. The Morgan fingerprint density at radius 1 is 1.00 bits per heavy atom. The number of nitrogens with one attached hydrogen (secondary N) is 2. The summed E-state index contributed by atoms with van der Waals surface area (Å²) in [5, 5.41) is 26.1. The molecule has 2 amide bonds. The first-order chi connectivity index (χ1) is 16.9. The highest BCUT2D eigenvalue weighted by molar-refractivity contribution is 7.98. The van der Waals surface area contributed by atoms with Gasteiger partial charge < -0.3 is 10.6 Å². The summed E-state index contributed by atoms with van der Waals surface area (Å²) in [5.74, 6) is 1.09. The van der Waals surface area contributed by atoms with Crippen molar-refractivity contribution in [1.29, 1.82) is 0 Å². The number of carbonyl (C=O) groups excluding carboxylic acids is 1. The number of urea groups is 1. The minimum atomic E-state index is -0.508. The highest BCUT2D eigenvalue weighted by Crippen LogP contribution is 2.29. The van der Waals surface area contributed by atoms with Crippen molar-refractivity contribution < 1.29 is 9.72 Å². The Hall–Kier alpha value is -3.60.